The lowest BCUT2D eigenvalue weighted by atomic mass is 9.87. The molecule has 0 aliphatic carbocycles. The van der Waals surface area contributed by atoms with Crippen molar-refractivity contribution in [2.75, 3.05) is 18.4 Å². The third kappa shape index (κ3) is 4.08. The highest BCUT2D eigenvalue weighted by molar-refractivity contribution is 7.14. The van der Waals surface area contributed by atoms with E-state index in [0.717, 1.165) is 24.3 Å². The minimum absolute atomic E-state index is 0. The van der Waals surface area contributed by atoms with E-state index in [9.17, 15) is 4.79 Å². The summed E-state index contributed by atoms with van der Waals surface area (Å²) < 4.78 is 1.80. The van der Waals surface area contributed by atoms with E-state index in [-0.39, 0.29) is 18.3 Å². The van der Waals surface area contributed by atoms with Gasteiger partial charge in [0.25, 0.3) is 5.91 Å². The van der Waals surface area contributed by atoms with Crippen LogP contribution in [0.2, 0.25) is 0 Å². The summed E-state index contributed by atoms with van der Waals surface area (Å²) in [7, 11) is 0. The van der Waals surface area contributed by atoms with Gasteiger partial charge in [0.1, 0.15) is 5.54 Å². The van der Waals surface area contributed by atoms with E-state index in [1.807, 2.05) is 17.6 Å². The molecule has 0 bridgehead atoms. The largest absolute Gasteiger partial charge is 0.317 e. The van der Waals surface area contributed by atoms with E-state index in [2.05, 4.69) is 48.6 Å². The Morgan fingerprint density at radius 3 is 2.59 bits per heavy atom. The predicted molar refractivity (Wildman–Crippen MR) is 120 cm³/mol. The standard InChI is InChI=1S/C21H25N5OS.ClH/c1-14-11-16(3)17(12-15(14)2)18-13-28-20(24-18)25-19(27)21(5-8-22-9-6-21)26-10-4-7-23-26;/h4,7,10-13,22H,5-6,8-9H2,1-3H3,(H,24,25,27);1H. The first-order valence-corrected chi connectivity index (χ1v) is 10.4. The fraction of sp³-hybridized carbons (Fsp3) is 0.381. The first-order chi connectivity index (χ1) is 13.5. The lowest BCUT2D eigenvalue weighted by Crippen LogP contribution is -2.52. The van der Waals surface area contributed by atoms with E-state index in [4.69, 9.17) is 4.98 Å². The molecule has 0 saturated carbocycles. The quantitative estimate of drug-likeness (QED) is 0.653. The summed E-state index contributed by atoms with van der Waals surface area (Å²) in [5, 5.41) is 13.4. The van der Waals surface area contributed by atoms with Gasteiger partial charge in [0.05, 0.1) is 5.69 Å². The third-order valence-electron chi connectivity index (χ3n) is 5.64. The molecule has 1 aromatic carbocycles. The summed E-state index contributed by atoms with van der Waals surface area (Å²) >= 11 is 1.46. The zero-order valence-electron chi connectivity index (χ0n) is 16.9. The summed E-state index contributed by atoms with van der Waals surface area (Å²) in [4.78, 5) is 18.0. The Morgan fingerprint density at radius 2 is 1.90 bits per heavy atom. The summed E-state index contributed by atoms with van der Waals surface area (Å²) in [6.07, 6.45) is 5.00. The lowest BCUT2D eigenvalue weighted by molar-refractivity contribution is -0.126. The number of nitrogens with one attached hydrogen (secondary N) is 2. The molecule has 1 fully saturated rings. The van der Waals surface area contributed by atoms with E-state index < -0.39 is 5.54 Å². The molecule has 154 valence electrons. The van der Waals surface area contributed by atoms with Crippen molar-refractivity contribution in [3.63, 3.8) is 0 Å². The number of aryl methyl sites for hydroxylation is 3. The Bertz CT molecular complexity index is 993. The topological polar surface area (TPSA) is 71.8 Å². The second kappa shape index (κ2) is 8.65. The van der Waals surface area contributed by atoms with Gasteiger partial charge in [-0.05, 0) is 75.5 Å². The molecule has 0 atom stereocenters. The Labute approximate surface area is 181 Å². The van der Waals surface area contributed by atoms with Crippen molar-refractivity contribution in [2.24, 2.45) is 0 Å². The second-order valence-corrected chi connectivity index (χ2v) is 8.33. The molecule has 1 aliphatic rings. The molecule has 3 aromatic rings. The smallest absolute Gasteiger partial charge is 0.254 e. The van der Waals surface area contributed by atoms with Crippen LogP contribution in [0, 0.1) is 20.8 Å². The number of hydrogen-bond donors (Lipinski definition) is 2. The maximum atomic E-state index is 13.3. The molecule has 29 heavy (non-hydrogen) atoms. The predicted octanol–water partition coefficient (Wildman–Crippen LogP) is 4.07. The number of benzene rings is 1. The van der Waals surface area contributed by atoms with Crippen LogP contribution >= 0.6 is 23.7 Å². The molecule has 0 unspecified atom stereocenters. The number of carbonyl (C=O) groups excluding carboxylic acids is 1. The Hall–Kier alpha value is -2.22. The van der Waals surface area contributed by atoms with Crippen LogP contribution in [0.25, 0.3) is 11.3 Å². The van der Waals surface area contributed by atoms with Gasteiger partial charge < -0.3 is 5.32 Å². The van der Waals surface area contributed by atoms with Crippen LogP contribution in [0.3, 0.4) is 0 Å². The van der Waals surface area contributed by atoms with Crippen LogP contribution in [-0.4, -0.2) is 33.8 Å². The highest BCUT2D eigenvalue weighted by atomic mass is 35.5. The molecule has 0 spiro atoms. The number of hydrogen-bond acceptors (Lipinski definition) is 5. The molecule has 3 heterocycles. The summed E-state index contributed by atoms with van der Waals surface area (Å²) in [6.45, 7) is 7.91. The summed E-state index contributed by atoms with van der Waals surface area (Å²) in [5.74, 6) is -0.0459. The van der Waals surface area contributed by atoms with Crippen LogP contribution in [0.5, 0.6) is 0 Å². The van der Waals surface area contributed by atoms with Crippen molar-refractivity contribution in [3.05, 3.63) is 52.7 Å². The molecule has 4 rings (SSSR count). The SMILES string of the molecule is Cc1cc(C)c(-c2csc(NC(=O)C3(n4cccn4)CCNCC3)n2)cc1C.Cl. The zero-order chi connectivity index (χ0) is 19.7. The fourth-order valence-electron chi connectivity index (χ4n) is 3.83. The Balaban J connectivity index is 0.00000240. The molecule has 2 N–H and O–H groups in total. The number of rotatable bonds is 4. The molecule has 6 nitrogen and oxygen atoms in total. The van der Waals surface area contributed by atoms with E-state index >= 15 is 0 Å². The molecule has 2 aromatic heterocycles. The van der Waals surface area contributed by atoms with E-state index in [1.165, 1.54) is 28.0 Å². The Morgan fingerprint density at radius 1 is 1.17 bits per heavy atom. The van der Waals surface area contributed by atoms with Crippen LogP contribution in [-0.2, 0) is 10.3 Å². The van der Waals surface area contributed by atoms with E-state index in [0.29, 0.717) is 18.0 Å². The summed E-state index contributed by atoms with van der Waals surface area (Å²) in [6, 6.07) is 6.22. The van der Waals surface area contributed by atoms with Gasteiger partial charge in [0.2, 0.25) is 0 Å². The number of carbonyl (C=O) groups is 1. The first kappa shape index (κ1) is 21.5. The van der Waals surface area contributed by atoms with Gasteiger partial charge in [-0.1, -0.05) is 6.07 Å². The van der Waals surface area contributed by atoms with Crippen molar-refractivity contribution in [1.82, 2.24) is 20.1 Å². The molecule has 8 heteroatoms. The molecular formula is C21H26ClN5OS. The van der Waals surface area contributed by atoms with Crippen LogP contribution < -0.4 is 10.6 Å². The molecule has 0 radical (unpaired) electrons. The van der Waals surface area contributed by atoms with Crippen molar-refractivity contribution < 1.29 is 4.79 Å². The highest BCUT2D eigenvalue weighted by Gasteiger charge is 2.42. The molecule has 1 amide bonds. The number of piperidine rings is 1. The fourth-order valence-corrected chi connectivity index (χ4v) is 4.53. The average Bonchev–Trinajstić information content (AvgIpc) is 3.38. The second-order valence-electron chi connectivity index (χ2n) is 7.48. The molecule has 1 saturated heterocycles. The maximum absolute atomic E-state index is 13.3. The maximum Gasteiger partial charge on any atom is 0.254 e. The van der Waals surface area contributed by atoms with Crippen molar-refractivity contribution >= 4 is 34.8 Å². The third-order valence-corrected chi connectivity index (χ3v) is 6.40. The summed E-state index contributed by atoms with van der Waals surface area (Å²) in [5.41, 5.74) is 5.06. The average molecular weight is 432 g/mol. The van der Waals surface area contributed by atoms with Gasteiger partial charge >= 0.3 is 0 Å². The van der Waals surface area contributed by atoms with Crippen LogP contribution in [0.4, 0.5) is 5.13 Å². The van der Waals surface area contributed by atoms with Gasteiger partial charge in [0.15, 0.2) is 5.13 Å². The monoisotopic (exact) mass is 431 g/mol. The van der Waals surface area contributed by atoms with Gasteiger partial charge in [-0.2, -0.15) is 5.10 Å². The number of thiazole rings is 1. The normalized spacial score (nSPS) is 15.6. The first-order valence-electron chi connectivity index (χ1n) is 9.56. The molecule has 1 aliphatic heterocycles. The number of halogens is 1. The number of aromatic nitrogens is 3. The van der Waals surface area contributed by atoms with Crippen molar-refractivity contribution in [1.29, 1.82) is 0 Å². The zero-order valence-corrected chi connectivity index (χ0v) is 18.5. The van der Waals surface area contributed by atoms with Crippen molar-refractivity contribution in [2.45, 2.75) is 39.2 Å². The minimum Gasteiger partial charge on any atom is -0.317 e. The number of amides is 1. The number of anilines is 1. The van der Waals surface area contributed by atoms with Gasteiger partial charge in [0, 0.05) is 23.3 Å². The van der Waals surface area contributed by atoms with E-state index in [1.54, 1.807) is 10.9 Å². The van der Waals surface area contributed by atoms with Crippen molar-refractivity contribution in [3.8, 4) is 11.3 Å². The van der Waals surface area contributed by atoms with Crippen LogP contribution in [0.1, 0.15) is 29.5 Å². The van der Waals surface area contributed by atoms with Gasteiger partial charge in [-0.15, -0.1) is 23.7 Å². The highest BCUT2D eigenvalue weighted by Crippen LogP contribution is 2.32. The van der Waals surface area contributed by atoms with Gasteiger partial charge in [-0.3, -0.25) is 14.8 Å². The molecular weight excluding hydrogens is 406 g/mol. The number of nitrogens with zero attached hydrogens (tertiary/aromatic N) is 3. The Kier molecular flexibility index (Phi) is 6.41. The van der Waals surface area contributed by atoms with Crippen LogP contribution in [0.15, 0.2) is 36.0 Å². The van der Waals surface area contributed by atoms with Gasteiger partial charge in [-0.25, -0.2) is 4.98 Å². The lowest BCUT2D eigenvalue weighted by Gasteiger charge is -2.36. The minimum atomic E-state index is -0.670.